The predicted molar refractivity (Wildman–Crippen MR) is 110 cm³/mol. The predicted octanol–water partition coefficient (Wildman–Crippen LogP) is 4.66. The third-order valence-corrected chi connectivity index (χ3v) is 5.32. The maximum Gasteiger partial charge on any atom is 0.355 e. The van der Waals surface area contributed by atoms with E-state index >= 15 is 0 Å². The number of hydrogen-bond acceptors (Lipinski definition) is 5. The smallest absolute Gasteiger partial charge is 0.355 e. The van der Waals surface area contributed by atoms with Gasteiger partial charge in [0, 0.05) is 29.4 Å². The zero-order valence-corrected chi connectivity index (χ0v) is 17.3. The Morgan fingerprint density at radius 2 is 2.03 bits per heavy atom. The average Bonchev–Trinajstić information content (AvgIpc) is 3.09. The van der Waals surface area contributed by atoms with Crippen LogP contribution in [0.3, 0.4) is 0 Å². The third kappa shape index (κ3) is 2.87. The second-order valence-electron chi connectivity index (χ2n) is 7.40. The Labute approximate surface area is 170 Å². The number of rotatable bonds is 4. The van der Waals surface area contributed by atoms with Gasteiger partial charge >= 0.3 is 5.97 Å². The van der Waals surface area contributed by atoms with Crippen LogP contribution in [0, 0.1) is 0 Å². The second-order valence-corrected chi connectivity index (χ2v) is 7.40. The molecular weight excluding hydrogens is 368 g/mol. The van der Waals surface area contributed by atoms with Gasteiger partial charge in [0.25, 0.3) is 0 Å². The number of nitrogens with zero attached hydrogens (tertiary/aromatic N) is 2. The third-order valence-electron chi connectivity index (χ3n) is 5.32. The molecule has 1 aliphatic rings. The summed E-state index contributed by atoms with van der Waals surface area (Å²) in [6.07, 6.45) is 3.45. The van der Waals surface area contributed by atoms with Crippen molar-refractivity contribution in [3.63, 3.8) is 0 Å². The normalized spacial score (nSPS) is 13.8. The molecule has 0 bridgehead atoms. The lowest BCUT2D eigenvalue weighted by molar-refractivity contribution is 0.0590. The summed E-state index contributed by atoms with van der Waals surface area (Å²) in [7, 11) is 3.03. The van der Waals surface area contributed by atoms with Crippen LogP contribution in [0.5, 0.6) is 11.5 Å². The molecule has 0 N–H and O–H groups in total. The Morgan fingerprint density at radius 3 is 2.72 bits per heavy atom. The summed E-state index contributed by atoms with van der Waals surface area (Å²) in [5.74, 6) is 1.03. The van der Waals surface area contributed by atoms with Crippen molar-refractivity contribution in [3.05, 3.63) is 54.0 Å². The molecule has 1 aliphatic heterocycles. The van der Waals surface area contributed by atoms with E-state index in [1.54, 1.807) is 19.5 Å². The van der Waals surface area contributed by atoms with E-state index in [1.807, 2.05) is 55.7 Å². The molecule has 150 valence electrons. The highest BCUT2D eigenvalue weighted by molar-refractivity contribution is 6.01. The molecule has 0 aliphatic carbocycles. The summed E-state index contributed by atoms with van der Waals surface area (Å²) in [6.45, 7) is 6.64. The molecule has 3 heterocycles. The number of benzene rings is 1. The highest BCUT2D eigenvalue weighted by Gasteiger charge is 2.41. The van der Waals surface area contributed by atoms with Crippen molar-refractivity contribution in [2.45, 2.75) is 32.9 Å². The first-order valence-electron chi connectivity index (χ1n) is 9.56. The number of fused-ring (bicyclic) bond motifs is 3. The van der Waals surface area contributed by atoms with Crippen LogP contribution in [0.15, 0.2) is 42.7 Å². The molecule has 0 saturated carbocycles. The van der Waals surface area contributed by atoms with Crippen molar-refractivity contribution in [1.29, 1.82) is 0 Å². The minimum absolute atomic E-state index is 0.384. The molecule has 6 nitrogen and oxygen atoms in total. The summed E-state index contributed by atoms with van der Waals surface area (Å²) in [5.41, 5.74) is 4.34. The maximum absolute atomic E-state index is 13.0. The molecule has 1 aromatic carbocycles. The molecule has 0 saturated heterocycles. The summed E-state index contributed by atoms with van der Waals surface area (Å²) in [5, 5.41) is 0. The molecular formula is C23H24N2O4. The van der Waals surface area contributed by atoms with Gasteiger partial charge in [-0.2, -0.15) is 0 Å². The molecule has 0 spiro atoms. The Kier molecular flexibility index (Phi) is 4.57. The minimum atomic E-state index is -0.674. The Morgan fingerprint density at radius 1 is 1.24 bits per heavy atom. The Balaban J connectivity index is 2.16. The Hall–Kier alpha value is -3.28. The minimum Gasteiger partial charge on any atom is -0.497 e. The quantitative estimate of drug-likeness (QED) is 0.604. The van der Waals surface area contributed by atoms with Gasteiger partial charge in [-0.3, -0.25) is 4.98 Å². The first-order chi connectivity index (χ1) is 13.9. The van der Waals surface area contributed by atoms with Crippen LogP contribution < -0.4 is 9.47 Å². The van der Waals surface area contributed by atoms with E-state index in [0.29, 0.717) is 18.0 Å². The highest BCUT2D eigenvalue weighted by Crippen LogP contribution is 2.51. The van der Waals surface area contributed by atoms with Gasteiger partial charge in [0.2, 0.25) is 0 Å². The summed E-state index contributed by atoms with van der Waals surface area (Å²) in [4.78, 5) is 17.2. The molecule has 29 heavy (non-hydrogen) atoms. The summed E-state index contributed by atoms with van der Waals surface area (Å²) >= 11 is 0. The molecule has 0 fully saturated rings. The van der Waals surface area contributed by atoms with Gasteiger partial charge < -0.3 is 18.8 Å². The molecule has 0 radical (unpaired) electrons. The largest absolute Gasteiger partial charge is 0.497 e. The van der Waals surface area contributed by atoms with Crippen molar-refractivity contribution in [2.24, 2.45) is 0 Å². The number of hydrogen-bond donors (Lipinski definition) is 0. The standard InChI is InChI=1S/C23H24N2O4/c1-6-25-20-16-10-11-24-13-17(16)29-23(2,3)19(20)18(21(25)22(26)28-5)14-8-7-9-15(12-14)27-4/h7-13H,6H2,1-5H3. The van der Waals surface area contributed by atoms with Gasteiger partial charge in [0.1, 0.15) is 22.8 Å². The summed E-state index contributed by atoms with van der Waals surface area (Å²) in [6, 6.07) is 9.63. The molecule has 4 rings (SSSR count). The van der Waals surface area contributed by atoms with E-state index in [0.717, 1.165) is 33.7 Å². The second kappa shape index (κ2) is 6.95. The fourth-order valence-electron chi connectivity index (χ4n) is 4.15. The molecule has 6 heteroatoms. The van der Waals surface area contributed by atoms with Crippen LogP contribution >= 0.6 is 0 Å². The van der Waals surface area contributed by atoms with Crippen molar-refractivity contribution in [3.8, 4) is 33.9 Å². The molecule has 0 unspecified atom stereocenters. The fraction of sp³-hybridized carbons (Fsp3) is 0.304. The fourth-order valence-corrected chi connectivity index (χ4v) is 4.15. The Bertz CT molecular complexity index is 1100. The van der Waals surface area contributed by atoms with E-state index in [4.69, 9.17) is 14.2 Å². The van der Waals surface area contributed by atoms with Gasteiger partial charge in [0.15, 0.2) is 0 Å². The van der Waals surface area contributed by atoms with Crippen molar-refractivity contribution >= 4 is 5.97 Å². The number of carbonyl (C=O) groups excluding carboxylic acids is 1. The van der Waals surface area contributed by atoms with E-state index < -0.39 is 5.60 Å². The molecule has 2 aromatic heterocycles. The van der Waals surface area contributed by atoms with Crippen LogP contribution in [0.25, 0.3) is 22.4 Å². The van der Waals surface area contributed by atoms with Gasteiger partial charge in [-0.05, 0) is 44.5 Å². The van der Waals surface area contributed by atoms with Gasteiger partial charge in [-0.1, -0.05) is 12.1 Å². The van der Waals surface area contributed by atoms with Gasteiger partial charge in [-0.25, -0.2) is 4.79 Å². The van der Waals surface area contributed by atoms with Gasteiger partial charge in [-0.15, -0.1) is 0 Å². The lowest BCUT2D eigenvalue weighted by Gasteiger charge is -2.34. The number of aromatic nitrogens is 2. The topological polar surface area (TPSA) is 62.6 Å². The number of ether oxygens (including phenoxy) is 3. The van der Waals surface area contributed by atoms with Gasteiger partial charge in [0.05, 0.1) is 26.1 Å². The molecule has 0 atom stereocenters. The van der Waals surface area contributed by atoms with E-state index in [2.05, 4.69) is 4.98 Å². The molecule has 3 aromatic rings. The first-order valence-corrected chi connectivity index (χ1v) is 9.56. The van der Waals surface area contributed by atoms with Crippen LogP contribution in [-0.4, -0.2) is 29.7 Å². The number of pyridine rings is 1. The first kappa shape index (κ1) is 19.1. The lowest BCUT2D eigenvalue weighted by Crippen LogP contribution is -2.30. The van der Waals surface area contributed by atoms with Crippen LogP contribution in [0.1, 0.15) is 36.8 Å². The van der Waals surface area contributed by atoms with E-state index in [9.17, 15) is 4.79 Å². The van der Waals surface area contributed by atoms with Crippen molar-refractivity contribution in [1.82, 2.24) is 9.55 Å². The number of carbonyl (C=O) groups is 1. The van der Waals surface area contributed by atoms with Crippen LogP contribution in [0.2, 0.25) is 0 Å². The SMILES string of the molecule is CCn1c(C(=O)OC)c(-c2cccc(OC)c2)c2c1-c1ccncc1OC2(C)C. The zero-order valence-electron chi connectivity index (χ0n) is 17.3. The zero-order chi connectivity index (χ0) is 20.8. The monoisotopic (exact) mass is 392 g/mol. The van der Waals surface area contributed by atoms with Crippen LogP contribution in [0.4, 0.5) is 0 Å². The van der Waals surface area contributed by atoms with Crippen LogP contribution in [-0.2, 0) is 16.9 Å². The lowest BCUT2D eigenvalue weighted by atomic mass is 9.86. The molecule has 0 amide bonds. The average molecular weight is 392 g/mol. The number of esters is 1. The van der Waals surface area contributed by atoms with E-state index in [-0.39, 0.29) is 5.97 Å². The highest BCUT2D eigenvalue weighted by atomic mass is 16.5. The van der Waals surface area contributed by atoms with Crippen molar-refractivity contribution in [2.75, 3.05) is 14.2 Å². The van der Waals surface area contributed by atoms with E-state index in [1.165, 1.54) is 7.11 Å². The maximum atomic E-state index is 13.0. The summed E-state index contributed by atoms with van der Waals surface area (Å²) < 4.78 is 19.0. The number of methoxy groups -OCH3 is 2. The van der Waals surface area contributed by atoms with Crippen molar-refractivity contribution < 1.29 is 19.0 Å².